The van der Waals surface area contributed by atoms with Crippen LogP contribution in [0.4, 0.5) is 5.69 Å². The standard InChI is InChI=1S/C10H15NO4S2/c1-3-16(12,13)10-7-5-9(6-8-10)11-17(14,15)4-2/h5-8,11H,3-4H2,1-2H3. The molecule has 0 unspecified atom stereocenters. The molecule has 1 N–H and O–H groups in total. The molecule has 0 saturated heterocycles. The molecule has 0 atom stereocenters. The summed E-state index contributed by atoms with van der Waals surface area (Å²) in [6.45, 7) is 3.08. The summed E-state index contributed by atoms with van der Waals surface area (Å²) >= 11 is 0. The second-order valence-corrected chi connectivity index (χ2v) is 7.72. The number of benzene rings is 1. The van der Waals surface area contributed by atoms with Gasteiger partial charge in [-0.25, -0.2) is 16.8 Å². The first-order valence-electron chi connectivity index (χ1n) is 5.14. The highest BCUT2D eigenvalue weighted by Gasteiger charge is 2.12. The van der Waals surface area contributed by atoms with Crippen LogP contribution >= 0.6 is 0 Å². The van der Waals surface area contributed by atoms with Crippen molar-refractivity contribution in [3.8, 4) is 0 Å². The Morgan fingerprint density at radius 1 is 0.941 bits per heavy atom. The third-order valence-corrected chi connectivity index (χ3v) is 5.30. The predicted molar refractivity (Wildman–Crippen MR) is 67.3 cm³/mol. The molecule has 1 aromatic rings. The summed E-state index contributed by atoms with van der Waals surface area (Å²) in [5.74, 6) is -0.00492. The van der Waals surface area contributed by atoms with Crippen LogP contribution in [0.15, 0.2) is 29.2 Å². The first-order valence-corrected chi connectivity index (χ1v) is 8.44. The molecule has 0 amide bonds. The normalized spacial score (nSPS) is 12.4. The van der Waals surface area contributed by atoms with E-state index in [2.05, 4.69) is 4.72 Å². The molecule has 7 heteroatoms. The summed E-state index contributed by atoms with van der Waals surface area (Å²) in [5, 5.41) is 0. The average Bonchev–Trinajstić information content (AvgIpc) is 2.29. The van der Waals surface area contributed by atoms with E-state index in [1.54, 1.807) is 6.92 Å². The molecule has 0 bridgehead atoms. The van der Waals surface area contributed by atoms with Gasteiger partial charge in [-0.05, 0) is 31.2 Å². The molecule has 0 saturated carbocycles. The number of sulfonamides is 1. The van der Waals surface area contributed by atoms with Crippen LogP contribution in [0.2, 0.25) is 0 Å². The van der Waals surface area contributed by atoms with Gasteiger partial charge in [-0.15, -0.1) is 0 Å². The summed E-state index contributed by atoms with van der Waals surface area (Å²) in [7, 11) is -6.57. The maximum absolute atomic E-state index is 11.5. The van der Waals surface area contributed by atoms with Crippen molar-refractivity contribution in [3.63, 3.8) is 0 Å². The molecule has 0 aliphatic carbocycles. The van der Waals surface area contributed by atoms with E-state index in [0.717, 1.165) is 0 Å². The summed E-state index contributed by atoms with van der Waals surface area (Å²) in [6, 6.07) is 5.67. The predicted octanol–water partition coefficient (Wildman–Crippen LogP) is 1.24. The third-order valence-electron chi connectivity index (χ3n) is 2.25. The Morgan fingerprint density at radius 3 is 1.88 bits per heavy atom. The van der Waals surface area contributed by atoms with Gasteiger partial charge in [0.25, 0.3) is 0 Å². The molecule has 0 aliphatic heterocycles. The van der Waals surface area contributed by atoms with E-state index >= 15 is 0 Å². The van der Waals surface area contributed by atoms with Crippen LogP contribution in [-0.4, -0.2) is 28.3 Å². The van der Waals surface area contributed by atoms with Crippen molar-refractivity contribution in [2.75, 3.05) is 16.2 Å². The summed E-state index contributed by atoms with van der Waals surface area (Å²) in [5.41, 5.74) is 0.363. The minimum absolute atomic E-state index is 0.0209. The first-order chi connectivity index (χ1) is 7.80. The minimum Gasteiger partial charge on any atom is -0.284 e. The van der Waals surface area contributed by atoms with E-state index in [-0.39, 0.29) is 16.4 Å². The lowest BCUT2D eigenvalue weighted by Gasteiger charge is -2.06. The molecule has 0 radical (unpaired) electrons. The zero-order chi connectivity index (χ0) is 13.1. The van der Waals surface area contributed by atoms with Crippen molar-refractivity contribution in [1.82, 2.24) is 0 Å². The largest absolute Gasteiger partial charge is 0.284 e. The molecule has 5 nitrogen and oxygen atoms in total. The van der Waals surface area contributed by atoms with Gasteiger partial charge in [-0.2, -0.15) is 0 Å². The molecule has 96 valence electrons. The first kappa shape index (κ1) is 14.0. The second-order valence-electron chi connectivity index (χ2n) is 3.43. The fourth-order valence-electron chi connectivity index (χ4n) is 1.15. The van der Waals surface area contributed by atoms with E-state index in [9.17, 15) is 16.8 Å². The van der Waals surface area contributed by atoms with Gasteiger partial charge in [0.05, 0.1) is 16.4 Å². The average molecular weight is 277 g/mol. The molecule has 0 fully saturated rings. The smallest absolute Gasteiger partial charge is 0.232 e. The molecule has 0 spiro atoms. The van der Waals surface area contributed by atoms with E-state index in [4.69, 9.17) is 0 Å². The molecule has 0 aliphatic rings. The van der Waals surface area contributed by atoms with Gasteiger partial charge >= 0.3 is 0 Å². The van der Waals surface area contributed by atoms with Crippen molar-refractivity contribution in [1.29, 1.82) is 0 Å². The Morgan fingerprint density at radius 2 is 1.47 bits per heavy atom. The summed E-state index contributed by atoms with van der Waals surface area (Å²) < 4.78 is 47.9. The number of sulfone groups is 1. The highest BCUT2D eigenvalue weighted by molar-refractivity contribution is 7.92. The van der Waals surface area contributed by atoms with Gasteiger partial charge in [0, 0.05) is 5.69 Å². The van der Waals surface area contributed by atoms with Crippen molar-refractivity contribution < 1.29 is 16.8 Å². The highest BCUT2D eigenvalue weighted by Crippen LogP contribution is 2.16. The number of anilines is 1. The van der Waals surface area contributed by atoms with E-state index in [1.165, 1.54) is 31.2 Å². The van der Waals surface area contributed by atoms with Crippen LogP contribution in [0.3, 0.4) is 0 Å². The van der Waals surface area contributed by atoms with Crippen LogP contribution in [0.25, 0.3) is 0 Å². The van der Waals surface area contributed by atoms with Gasteiger partial charge in [0.1, 0.15) is 0 Å². The van der Waals surface area contributed by atoms with Crippen LogP contribution in [0.5, 0.6) is 0 Å². The highest BCUT2D eigenvalue weighted by atomic mass is 32.2. The molecule has 1 aromatic carbocycles. The fourth-order valence-corrected chi connectivity index (χ4v) is 2.67. The maximum Gasteiger partial charge on any atom is 0.232 e. The van der Waals surface area contributed by atoms with Gasteiger partial charge in [-0.3, -0.25) is 4.72 Å². The minimum atomic E-state index is -3.33. The van der Waals surface area contributed by atoms with E-state index < -0.39 is 19.9 Å². The fraction of sp³-hybridized carbons (Fsp3) is 0.400. The molecule has 0 heterocycles. The Kier molecular flexibility index (Phi) is 4.16. The van der Waals surface area contributed by atoms with Crippen LogP contribution in [0.1, 0.15) is 13.8 Å². The van der Waals surface area contributed by atoms with Crippen LogP contribution in [-0.2, 0) is 19.9 Å². The lowest BCUT2D eigenvalue weighted by Crippen LogP contribution is -2.14. The zero-order valence-corrected chi connectivity index (χ0v) is 11.3. The molecule has 1 rings (SSSR count). The number of hydrogen-bond acceptors (Lipinski definition) is 4. The Labute approximate surface area is 102 Å². The zero-order valence-electron chi connectivity index (χ0n) is 9.67. The number of hydrogen-bond donors (Lipinski definition) is 1. The third kappa shape index (κ3) is 3.71. The Balaban J connectivity index is 2.98. The maximum atomic E-state index is 11.5. The van der Waals surface area contributed by atoms with Crippen molar-refractivity contribution in [3.05, 3.63) is 24.3 Å². The van der Waals surface area contributed by atoms with Gasteiger partial charge in [0.15, 0.2) is 9.84 Å². The second kappa shape index (κ2) is 5.05. The SMILES string of the molecule is CCS(=O)(=O)Nc1ccc(S(=O)(=O)CC)cc1. The van der Waals surface area contributed by atoms with Crippen LogP contribution < -0.4 is 4.72 Å². The van der Waals surface area contributed by atoms with Crippen LogP contribution in [0, 0.1) is 0 Å². The Hall–Kier alpha value is -1.08. The van der Waals surface area contributed by atoms with Crippen molar-refractivity contribution >= 4 is 25.5 Å². The molecular weight excluding hydrogens is 262 g/mol. The monoisotopic (exact) mass is 277 g/mol. The topological polar surface area (TPSA) is 80.3 Å². The summed E-state index contributed by atoms with van der Waals surface area (Å²) in [6.07, 6.45) is 0. The van der Waals surface area contributed by atoms with Crippen molar-refractivity contribution in [2.45, 2.75) is 18.7 Å². The van der Waals surface area contributed by atoms with E-state index in [1.807, 2.05) is 0 Å². The molecule has 0 aromatic heterocycles. The summed E-state index contributed by atoms with van der Waals surface area (Å²) in [4.78, 5) is 0.194. The van der Waals surface area contributed by atoms with Gasteiger partial charge in [-0.1, -0.05) is 6.92 Å². The number of nitrogens with one attached hydrogen (secondary N) is 1. The lowest BCUT2D eigenvalue weighted by molar-refractivity contribution is 0.597. The molecule has 17 heavy (non-hydrogen) atoms. The van der Waals surface area contributed by atoms with Gasteiger partial charge < -0.3 is 0 Å². The Bertz CT molecular complexity index is 573. The molecular formula is C10H15NO4S2. The lowest BCUT2D eigenvalue weighted by atomic mass is 10.3. The number of rotatable bonds is 5. The van der Waals surface area contributed by atoms with Crippen molar-refractivity contribution in [2.24, 2.45) is 0 Å². The van der Waals surface area contributed by atoms with E-state index in [0.29, 0.717) is 5.69 Å². The quantitative estimate of drug-likeness (QED) is 0.878. The van der Waals surface area contributed by atoms with Gasteiger partial charge in [0.2, 0.25) is 10.0 Å².